The molecule has 0 aliphatic heterocycles. The maximum absolute atomic E-state index is 11.8. The number of para-hydroxylation sites is 1. The van der Waals surface area contributed by atoms with Crippen LogP contribution in [0.2, 0.25) is 0 Å². The predicted molar refractivity (Wildman–Crippen MR) is 73.4 cm³/mol. The number of rotatable bonds is 7. The highest BCUT2D eigenvalue weighted by molar-refractivity contribution is 6.17. The highest BCUT2D eigenvalue weighted by Gasteiger charge is 2.12. The van der Waals surface area contributed by atoms with Gasteiger partial charge in [-0.25, -0.2) is 0 Å². The van der Waals surface area contributed by atoms with Crippen molar-refractivity contribution < 1.29 is 4.79 Å². The van der Waals surface area contributed by atoms with Crippen LogP contribution < -0.4 is 5.32 Å². The van der Waals surface area contributed by atoms with Crippen molar-refractivity contribution in [2.75, 3.05) is 11.2 Å². The van der Waals surface area contributed by atoms with Gasteiger partial charge in [0.25, 0.3) is 0 Å². The van der Waals surface area contributed by atoms with Crippen molar-refractivity contribution in [2.45, 2.75) is 32.6 Å². The average Bonchev–Trinajstić information content (AvgIpc) is 2.35. The molecular weight excluding hydrogens is 234 g/mol. The van der Waals surface area contributed by atoms with E-state index in [2.05, 4.69) is 5.32 Å². The Bertz CT molecular complexity index is 326. The van der Waals surface area contributed by atoms with Crippen LogP contribution in [0.5, 0.6) is 0 Å². The summed E-state index contributed by atoms with van der Waals surface area (Å²) in [5.74, 6) is 0.873. The monoisotopic (exact) mass is 253 g/mol. The molecule has 0 aliphatic carbocycles. The molecule has 3 heteroatoms. The Labute approximate surface area is 108 Å². The van der Waals surface area contributed by atoms with Crippen LogP contribution >= 0.6 is 11.6 Å². The first kappa shape index (κ1) is 14.0. The van der Waals surface area contributed by atoms with Crippen molar-refractivity contribution in [1.82, 2.24) is 0 Å². The number of hydrogen-bond donors (Lipinski definition) is 1. The second kappa shape index (κ2) is 8.13. The molecule has 1 N–H and O–H groups in total. The summed E-state index contributed by atoms with van der Waals surface area (Å²) in [6.45, 7) is 1.97. The molecule has 17 heavy (non-hydrogen) atoms. The van der Waals surface area contributed by atoms with Gasteiger partial charge in [-0.1, -0.05) is 38.0 Å². The Morgan fingerprint density at radius 3 is 2.59 bits per heavy atom. The van der Waals surface area contributed by atoms with E-state index in [1.807, 2.05) is 37.3 Å². The molecule has 1 amide bonds. The lowest BCUT2D eigenvalue weighted by Crippen LogP contribution is -2.20. The van der Waals surface area contributed by atoms with Crippen LogP contribution in [-0.4, -0.2) is 11.8 Å². The van der Waals surface area contributed by atoms with Gasteiger partial charge in [-0.15, -0.1) is 11.6 Å². The van der Waals surface area contributed by atoms with Crippen LogP contribution in [0.15, 0.2) is 30.3 Å². The van der Waals surface area contributed by atoms with Crippen molar-refractivity contribution in [3.8, 4) is 0 Å². The molecule has 0 fully saturated rings. The van der Waals surface area contributed by atoms with Crippen molar-refractivity contribution in [1.29, 1.82) is 0 Å². The molecule has 94 valence electrons. The van der Waals surface area contributed by atoms with Crippen molar-refractivity contribution in [2.24, 2.45) is 5.92 Å². The topological polar surface area (TPSA) is 29.1 Å². The lowest BCUT2D eigenvalue weighted by Gasteiger charge is -2.11. The minimum absolute atomic E-state index is 0.0607. The third-order valence-electron chi connectivity index (χ3n) is 2.76. The number of hydrogen-bond acceptors (Lipinski definition) is 1. The molecule has 1 aromatic carbocycles. The fourth-order valence-electron chi connectivity index (χ4n) is 1.64. The molecular formula is C14H20ClNO. The Balaban J connectivity index is 2.27. The van der Waals surface area contributed by atoms with Crippen molar-refractivity contribution in [3.05, 3.63) is 30.3 Å². The van der Waals surface area contributed by atoms with Gasteiger partial charge < -0.3 is 5.32 Å². The number of nitrogens with one attached hydrogen (secondary N) is 1. The second-order valence-corrected chi connectivity index (χ2v) is 4.67. The fraction of sp³-hybridized carbons (Fsp3) is 0.500. The maximum Gasteiger partial charge on any atom is 0.227 e. The Morgan fingerprint density at radius 1 is 1.24 bits per heavy atom. The zero-order valence-electron chi connectivity index (χ0n) is 10.3. The molecule has 2 nitrogen and oxygen atoms in total. The van der Waals surface area contributed by atoms with Gasteiger partial charge in [-0.2, -0.15) is 0 Å². The van der Waals surface area contributed by atoms with Gasteiger partial charge in [0.05, 0.1) is 0 Å². The summed E-state index contributed by atoms with van der Waals surface area (Å²) >= 11 is 5.61. The minimum atomic E-state index is 0.0607. The number of benzene rings is 1. The lowest BCUT2D eigenvalue weighted by molar-refractivity contribution is -0.119. The quantitative estimate of drug-likeness (QED) is 0.576. The van der Waals surface area contributed by atoms with Crippen LogP contribution in [0, 0.1) is 5.92 Å². The SMILES string of the molecule is C[C@H](CCCCCCl)C(=O)Nc1ccccc1. The van der Waals surface area contributed by atoms with E-state index in [4.69, 9.17) is 11.6 Å². The molecule has 1 rings (SSSR count). The first-order valence-electron chi connectivity index (χ1n) is 6.16. The van der Waals surface area contributed by atoms with E-state index >= 15 is 0 Å². The Hall–Kier alpha value is -1.02. The summed E-state index contributed by atoms with van der Waals surface area (Å²) in [6.07, 6.45) is 4.13. The molecule has 1 aromatic rings. The number of carbonyl (C=O) groups excluding carboxylic acids is 1. The highest BCUT2D eigenvalue weighted by atomic mass is 35.5. The van der Waals surface area contributed by atoms with Gasteiger partial charge >= 0.3 is 0 Å². The van der Waals surface area contributed by atoms with E-state index in [-0.39, 0.29) is 11.8 Å². The molecule has 0 unspecified atom stereocenters. The zero-order chi connectivity index (χ0) is 12.5. The molecule has 1 atom stereocenters. The van der Waals surface area contributed by atoms with E-state index in [0.29, 0.717) is 5.88 Å². The van der Waals surface area contributed by atoms with Crippen LogP contribution in [-0.2, 0) is 4.79 Å². The number of alkyl halides is 1. The van der Waals surface area contributed by atoms with Crippen LogP contribution in [0.4, 0.5) is 5.69 Å². The van der Waals surface area contributed by atoms with E-state index in [1.54, 1.807) is 0 Å². The number of halogens is 1. The number of anilines is 1. The fourth-order valence-corrected chi connectivity index (χ4v) is 1.83. The molecule has 0 saturated heterocycles. The molecule has 0 bridgehead atoms. The van der Waals surface area contributed by atoms with Gasteiger partial charge in [0.15, 0.2) is 0 Å². The summed E-state index contributed by atoms with van der Waals surface area (Å²) in [5.41, 5.74) is 0.866. The number of carbonyl (C=O) groups is 1. The van der Waals surface area contributed by atoms with E-state index in [1.165, 1.54) is 0 Å². The maximum atomic E-state index is 11.8. The van der Waals surface area contributed by atoms with Gasteiger partial charge in [0.1, 0.15) is 0 Å². The average molecular weight is 254 g/mol. The smallest absolute Gasteiger partial charge is 0.227 e. The van der Waals surface area contributed by atoms with Crippen molar-refractivity contribution in [3.63, 3.8) is 0 Å². The molecule has 0 aliphatic rings. The van der Waals surface area contributed by atoms with Crippen LogP contribution in [0.3, 0.4) is 0 Å². The number of amides is 1. The Morgan fingerprint density at radius 2 is 1.94 bits per heavy atom. The predicted octanol–water partition coefficient (Wildman–Crippen LogP) is 4.06. The zero-order valence-corrected chi connectivity index (χ0v) is 11.0. The molecule has 0 aromatic heterocycles. The van der Waals surface area contributed by atoms with Gasteiger partial charge in [-0.3, -0.25) is 4.79 Å². The highest BCUT2D eigenvalue weighted by Crippen LogP contribution is 2.13. The summed E-state index contributed by atoms with van der Waals surface area (Å²) in [4.78, 5) is 11.8. The third kappa shape index (κ3) is 5.73. The van der Waals surface area contributed by atoms with Crippen LogP contribution in [0.25, 0.3) is 0 Å². The van der Waals surface area contributed by atoms with Crippen LogP contribution in [0.1, 0.15) is 32.6 Å². The molecule has 0 spiro atoms. The standard InChI is InChI=1S/C14H20ClNO/c1-12(8-4-3-7-11-15)14(17)16-13-9-5-2-6-10-13/h2,5-6,9-10,12H,3-4,7-8,11H2,1H3,(H,16,17)/t12-/m1/s1. The second-order valence-electron chi connectivity index (χ2n) is 4.29. The molecule has 0 heterocycles. The lowest BCUT2D eigenvalue weighted by atomic mass is 10.0. The molecule has 0 saturated carbocycles. The largest absolute Gasteiger partial charge is 0.326 e. The van der Waals surface area contributed by atoms with E-state index in [9.17, 15) is 4.79 Å². The molecule has 0 radical (unpaired) electrons. The third-order valence-corrected chi connectivity index (χ3v) is 3.03. The summed E-state index contributed by atoms with van der Waals surface area (Å²) in [5, 5.41) is 2.92. The first-order valence-corrected chi connectivity index (χ1v) is 6.69. The van der Waals surface area contributed by atoms with Gasteiger partial charge in [-0.05, 0) is 25.0 Å². The van der Waals surface area contributed by atoms with Gasteiger partial charge in [0, 0.05) is 17.5 Å². The summed E-state index contributed by atoms with van der Waals surface area (Å²) in [7, 11) is 0. The van der Waals surface area contributed by atoms with Gasteiger partial charge in [0.2, 0.25) is 5.91 Å². The first-order chi connectivity index (χ1) is 8.24. The van der Waals surface area contributed by atoms with E-state index in [0.717, 1.165) is 31.4 Å². The normalized spacial score (nSPS) is 12.1. The Kier molecular flexibility index (Phi) is 6.71. The van der Waals surface area contributed by atoms with Crippen molar-refractivity contribution >= 4 is 23.2 Å². The minimum Gasteiger partial charge on any atom is -0.326 e. The van der Waals surface area contributed by atoms with E-state index < -0.39 is 0 Å². The number of unbranched alkanes of at least 4 members (excludes halogenated alkanes) is 2. The summed E-state index contributed by atoms with van der Waals surface area (Å²) in [6, 6.07) is 9.57. The summed E-state index contributed by atoms with van der Waals surface area (Å²) < 4.78 is 0.